The molecule has 0 aliphatic heterocycles. The third-order valence-corrected chi connectivity index (χ3v) is 5.13. The summed E-state index contributed by atoms with van der Waals surface area (Å²) < 4.78 is 7.17. The summed E-state index contributed by atoms with van der Waals surface area (Å²) in [7, 11) is 0. The second kappa shape index (κ2) is 8.76. The highest BCUT2D eigenvalue weighted by molar-refractivity contribution is 6.31. The van der Waals surface area contributed by atoms with Gasteiger partial charge in [-0.05, 0) is 67.6 Å². The molecule has 0 saturated heterocycles. The molecule has 0 aliphatic rings. The molecule has 4 rings (SSSR count). The number of carbonyl (C=O) groups is 2. The summed E-state index contributed by atoms with van der Waals surface area (Å²) in [6, 6.07) is 21.9. The molecule has 0 radical (unpaired) electrons. The van der Waals surface area contributed by atoms with Crippen molar-refractivity contribution in [2.45, 2.75) is 6.92 Å². The molecule has 0 unspecified atom stereocenters. The maximum absolute atomic E-state index is 13.3. The van der Waals surface area contributed by atoms with Crippen molar-refractivity contribution in [2.75, 3.05) is 0 Å². The van der Waals surface area contributed by atoms with Gasteiger partial charge < -0.3 is 4.74 Å². The molecule has 7 heteroatoms. The molecular weight excluding hydrogens is 435 g/mol. The van der Waals surface area contributed by atoms with E-state index in [-0.39, 0.29) is 17.2 Å². The van der Waals surface area contributed by atoms with Gasteiger partial charge in [0.15, 0.2) is 5.78 Å². The molecule has 154 valence electrons. The Morgan fingerprint density at radius 2 is 1.35 bits per heavy atom. The van der Waals surface area contributed by atoms with Gasteiger partial charge in [-0.2, -0.15) is 9.78 Å². The SMILES string of the molecule is Cc1nn(-c2ccccc2)c(OC(=O)c2ccc(Cl)cc2)c1C(=O)c1ccc(Cl)cc1. The number of rotatable bonds is 5. The number of hydrogen-bond donors (Lipinski definition) is 0. The summed E-state index contributed by atoms with van der Waals surface area (Å²) >= 11 is 11.9. The quantitative estimate of drug-likeness (QED) is 0.279. The molecule has 0 aliphatic carbocycles. The minimum absolute atomic E-state index is 0.0450. The van der Waals surface area contributed by atoms with E-state index in [0.717, 1.165) is 0 Å². The molecular formula is C24H16Cl2N2O3. The van der Waals surface area contributed by atoms with E-state index in [1.54, 1.807) is 55.5 Å². The Morgan fingerprint density at radius 1 is 0.806 bits per heavy atom. The predicted octanol–water partition coefficient (Wildman–Crippen LogP) is 5.94. The Morgan fingerprint density at radius 3 is 1.94 bits per heavy atom. The van der Waals surface area contributed by atoms with Gasteiger partial charge in [0.2, 0.25) is 5.88 Å². The zero-order valence-electron chi connectivity index (χ0n) is 16.4. The van der Waals surface area contributed by atoms with Crippen LogP contribution in [0.5, 0.6) is 5.88 Å². The largest absolute Gasteiger partial charge is 0.403 e. The highest BCUT2D eigenvalue weighted by Crippen LogP contribution is 2.29. The van der Waals surface area contributed by atoms with Gasteiger partial charge >= 0.3 is 5.97 Å². The first kappa shape index (κ1) is 20.8. The average molecular weight is 451 g/mol. The second-order valence-electron chi connectivity index (χ2n) is 6.75. The van der Waals surface area contributed by atoms with E-state index in [1.165, 1.54) is 4.68 Å². The predicted molar refractivity (Wildman–Crippen MR) is 120 cm³/mol. The third kappa shape index (κ3) is 4.38. The fraction of sp³-hybridized carbons (Fsp3) is 0.0417. The Balaban J connectivity index is 1.81. The van der Waals surface area contributed by atoms with Crippen molar-refractivity contribution in [3.8, 4) is 11.6 Å². The van der Waals surface area contributed by atoms with Crippen LogP contribution in [0.3, 0.4) is 0 Å². The summed E-state index contributed by atoms with van der Waals surface area (Å²) in [6.45, 7) is 1.70. The molecule has 3 aromatic carbocycles. The summed E-state index contributed by atoms with van der Waals surface area (Å²) in [5.74, 6) is -0.905. The minimum Gasteiger partial charge on any atom is -0.403 e. The number of halogens is 2. The van der Waals surface area contributed by atoms with Crippen LogP contribution in [0.2, 0.25) is 10.0 Å². The van der Waals surface area contributed by atoms with Crippen molar-refractivity contribution in [2.24, 2.45) is 0 Å². The van der Waals surface area contributed by atoms with Crippen LogP contribution in [0.15, 0.2) is 78.9 Å². The summed E-state index contributed by atoms with van der Waals surface area (Å²) in [5.41, 5.74) is 1.99. The number of hydrogen-bond acceptors (Lipinski definition) is 4. The van der Waals surface area contributed by atoms with Gasteiger partial charge in [0, 0.05) is 15.6 Å². The molecule has 0 N–H and O–H groups in total. The number of aromatic nitrogens is 2. The topological polar surface area (TPSA) is 61.2 Å². The van der Waals surface area contributed by atoms with E-state index in [1.807, 2.05) is 30.3 Å². The monoisotopic (exact) mass is 450 g/mol. The highest BCUT2D eigenvalue weighted by atomic mass is 35.5. The van der Waals surface area contributed by atoms with Crippen LogP contribution < -0.4 is 4.74 Å². The number of aryl methyl sites for hydroxylation is 1. The van der Waals surface area contributed by atoms with Crippen molar-refractivity contribution in [3.05, 3.63) is 111 Å². The lowest BCUT2D eigenvalue weighted by atomic mass is 10.0. The zero-order valence-corrected chi connectivity index (χ0v) is 17.9. The third-order valence-electron chi connectivity index (χ3n) is 4.62. The highest BCUT2D eigenvalue weighted by Gasteiger charge is 2.27. The van der Waals surface area contributed by atoms with Gasteiger partial charge in [-0.3, -0.25) is 4.79 Å². The first-order valence-electron chi connectivity index (χ1n) is 9.37. The first-order valence-corrected chi connectivity index (χ1v) is 10.1. The van der Waals surface area contributed by atoms with Crippen molar-refractivity contribution in [1.29, 1.82) is 0 Å². The smallest absolute Gasteiger partial charge is 0.344 e. The second-order valence-corrected chi connectivity index (χ2v) is 7.62. The van der Waals surface area contributed by atoms with Gasteiger partial charge in [0.1, 0.15) is 5.56 Å². The van der Waals surface area contributed by atoms with E-state index in [2.05, 4.69) is 5.10 Å². The van der Waals surface area contributed by atoms with Gasteiger partial charge in [0.05, 0.1) is 16.9 Å². The number of ether oxygens (including phenoxy) is 1. The maximum Gasteiger partial charge on any atom is 0.344 e. The van der Waals surface area contributed by atoms with Crippen molar-refractivity contribution in [1.82, 2.24) is 9.78 Å². The van der Waals surface area contributed by atoms with Crippen LogP contribution in [-0.4, -0.2) is 21.5 Å². The minimum atomic E-state index is -0.626. The molecule has 0 bridgehead atoms. The number of carbonyl (C=O) groups excluding carboxylic acids is 2. The number of benzene rings is 3. The zero-order chi connectivity index (χ0) is 22.0. The van der Waals surface area contributed by atoms with E-state index >= 15 is 0 Å². The standard InChI is InChI=1S/C24H16Cl2N2O3/c1-15-21(22(29)16-7-11-18(25)12-8-16)23(28(27-15)20-5-3-2-4-6-20)31-24(30)17-9-13-19(26)14-10-17/h2-14H,1H3. The van der Waals surface area contributed by atoms with Crippen molar-refractivity contribution < 1.29 is 14.3 Å². The van der Waals surface area contributed by atoms with Gasteiger partial charge in [-0.25, -0.2) is 4.79 Å². The number of esters is 1. The average Bonchev–Trinajstić information content (AvgIpc) is 3.10. The molecule has 0 fully saturated rings. The number of nitrogens with zero attached hydrogens (tertiary/aromatic N) is 2. The lowest BCUT2D eigenvalue weighted by Crippen LogP contribution is -2.14. The first-order chi connectivity index (χ1) is 14.9. The molecule has 4 aromatic rings. The Kier molecular flexibility index (Phi) is 5.89. The van der Waals surface area contributed by atoms with Gasteiger partial charge in [0.25, 0.3) is 0 Å². The summed E-state index contributed by atoms with van der Waals surface area (Å²) in [5, 5.41) is 5.49. The summed E-state index contributed by atoms with van der Waals surface area (Å²) in [6.07, 6.45) is 0. The fourth-order valence-electron chi connectivity index (χ4n) is 3.08. The van der Waals surface area contributed by atoms with Crippen LogP contribution >= 0.6 is 23.2 Å². The maximum atomic E-state index is 13.3. The Bertz CT molecular complexity index is 1250. The van der Waals surface area contributed by atoms with Crippen LogP contribution in [-0.2, 0) is 0 Å². The molecule has 5 nitrogen and oxygen atoms in total. The molecule has 0 atom stereocenters. The normalized spacial score (nSPS) is 10.7. The van der Waals surface area contributed by atoms with E-state index < -0.39 is 5.97 Å². The van der Waals surface area contributed by atoms with Gasteiger partial charge in [-0.15, -0.1) is 0 Å². The number of ketones is 1. The summed E-state index contributed by atoms with van der Waals surface area (Å²) in [4.78, 5) is 26.1. The molecule has 0 amide bonds. The lowest BCUT2D eigenvalue weighted by Gasteiger charge is -2.10. The van der Waals surface area contributed by atoms with Crippen LogP contribution in [0.1, 0.15) is 32.0 Å². The number of para-hydroxylation sites is 1. The van der Waals surface area contributed by atoms with Crippen molar-refractivity contribution in [3.63, 3.8) is 0 Å². The van der Waals surface area contributed by atoms with E-state index in [9.17, 15) is 9.59 Å². The Labute approximate surface area is 188 Å². The van der Waals surface area contributed by atoms with Gasteiger partial charge in [-0.1, -0.05) is 41.4 Å². The Hall–Kier alpha value is -3.41. The van der Waals surface area contributed by atoms with Crippen LogP contribution in [0, 0.1) is 6.92 Å². The fourth-order valence-corrected chi connectivity index (χ4v) is 3.34. The van der Waals surface area contributed by atoms with E-state index in [4.69, 9.17) is 27.9 Å². The van der Waals surface area contributed by atoms with E-state index in [0.29, 0.717) is 32.6 Å². The van der Waals surface area contributed by atoms with Crippen molar-refractivity contribution >= 4 is 35.0 Å². The molecule has 1 aromatic heterocycles. The molecule has 0 spiro atoms. The lowest BCUT2D eigenvalue weighted by molar-refractivity contribution is 0.0721. The van der Waals surface area contributed by atoms with Crippen LogP contribution in [0.4, 0.5) is 0 Å². The molecule has 0 saturated carbocycles. The molecule has 31 heavy (non-hydrogen) atoms. The molecule has 1 heterocycles. The van der Waals surface area contributed by atoms with Crippen LogP contribution in [0.25, 0.3) is 5.69 Å².